The third kappa shape index (κ3) is 4.25. The summed E-state index contributed by atoms with van der Waals surface area (Å²) in [5, 5.41) is 15.1. The van der Waals surface area contributed by atoms with E-state index in [4.69, 9.17) is 11.6 Å². The normalized spacial score (nSPS) is 11.1. The lowest BCUT2D eigenvalue weighted by atomic mass is 10.1. The molecule has 0 saturated carbocycles. The molecule has 0 atom stereocenters. The van der Waals surface area contributed by atoms with Crippen LogP contribution in [0.4, 0.5) is 0 Å². The minimum Gasteiger partial charge on any atom is -0.477 e. The van der Waals surface area contributed by atoms with Gasteiger partial charge < -0.3 is 15.0 Å². The summed E-state index contributed by atoms with van der Waals surface area (Å²) in [5.41, 5.74) is 5.42. The van der Waals surface area contributed by atoms with Gasteiger partial charge in [0.25, 0.3) is 0 Å². The van der Waals surface area contributed by atoms with Crippen molar-refractivity contribution in [2.75, 3.05) is 0 Å². The predicted molar refractivity (Wildman–Crippen MR) is 121 cm³/mol. The Morgan fingerprint density at radius 2 is 1.60 bits per heavy atom. The van der Waals surface area contributed by atoms with Crippen LogP contribution in [0.5, 0.6) is 0 Å². The van der Waals surface area contributed by atoms with Crippen molar-refractivity contribution >= 4 is 28.5 Å². The molecule has 0 fully saturated rings. The first-order valence-electron chi connectivity index (χ1n) is 9.87. The Bertz CT molecular complexity index is 1180. The first-order chi connectivity index (χ1) is 14.5. The Morgan fingerprint density at radius 1 is 0.933 bits per heavy atom. The summed E-state index contributed by atoms with van der Waals surface area (Å²) in [4.78, 5) is 12.3. The van der Waals surface area contributed by atoms with Gasteiger partial charge in [-0.15, -0.1) is 0 Å². The van der Waals surface area contributed by atoms with E-state index in [1.807, 2.05) is 72.2 Å². The van der Waals surface area contributed by atoms with Crippen LogP contribution in [0.15, 0.2) is 72.8 Å². The number of carbonyl (C=O) groups is 1. The summed E-state index contributed by atoms with van der Waals surface area (Å²) < 4.78 is 1.90. The highest BCUT2D eigenvalue weighted by molar-refractivity contribution is 6.30. The molecule has 3 aromatic carbocycles. The van der Waals surface area contributed by atoms with E-state index in [1.165, 1.54) is 5.56 Å². The number of nitrogens with one attached hydrogen (secondary N) is 1. The number of carboxylic acid groups (broad SMARTS) is 1. The van der Waals surface area contributed by atoms with E-state index in [0.29, 0.717) is 30.4 Å². The Labute approximate surface area is 180 Å². The first-order valence-corrected chi connectivity index (χ1v) is 10.2. The first kappa shape index (κ1) is 20.2. The fraction of sp³-hybridized carbons (Fsp3) is 0.160. The number of aromatic nitrogens is 1. The number of nitrogens with zero attached hydrogens (tertiary/aromatic N) is 1. The number of carboxylic acids is 1. The maximum Gasteiger partial charge on any atom is 0.352 e. The van der Waals surface area contributed by atoms with Gasteiger partial charge in [0.2, 0.25) is 0 Å². The molecule has 2 N–H and O–H groups in total. The summed E-state index contributed by atoms with van der Waals surface area (Å²) >= 11 is 5.95. The lowest BCUT2D eigenvalue weighted by molar-refractivity contribution is 0.0685. The molecule has 0 radical (unpaired) electrons. The highest BCUT2D eigenvalue weighted by Crippen LogP contribution is 2.28. The maximum atomic E-state index is 12.3. The van der Waals surface area contributed by atoms with E-state index in [9.17, 15) is 9.90 Å². The average Bonchev–Trinajstić information content (AvgIpc) is 3.05. The second-order valence-corrected chi connectivity index (χ2v) is 7.89. The van der Waals surface area contributed by atoms with E-state index >= 15 is 0 Å². The molecule has 4 aromatic rings. The molecule has 1 heterocycles. The third-order valence-electron chi connectivity index (χ3n) is 5.28. The van der Waals surface area contributed by atoms with Crippen LogP contribution in [-0.2, 0) is 19.6 Å². The zero-order valence-corrected chi connectivity index (χ0v) is 17.5. The monoisotopic (exact) mass is 418 g/mol. The summed E-state index contributed by atoms with van der Waals surface area (Å²) in [6.07, 6.45) is 0. The lowest BCUT2D eigenvalue weighted by Crippen LogP contribution is -2.17. The topological polar surface area (TPSA) is 54.3 Å². The Kier molecular flexibility index (Phi) is 5.88. The fourth-order valence-corrected chi connectivity index (χ4v) is 3.90. The summed E-state index contributed by atoms with van der Waals surface area (Å²) in [6, 6.07) is 23.7. The molecule has 4 nitrogen and oxygen atoms in total. The molecule has 0 spiro atoms. The number of benzene rings is 3. The Balaban J connectivity index is 1.67. The molecule has 0 amide bonds. The van der Waals surface area contributed by atoms with Crippen molar-refractivity contribution in [2.45, 2.75) is 26.6 Å². The number of fused-ring (bicyclic) bond motifs is 1. The van der Waals surface area contributed by atoms with Crippen LogP contribution in [0, 0.1) is 6.92 Å². The molecular weight excluding hydrogens is 396 g/mol. The van der Waals surface area contributed by atoms with Gasteiger partial charge in [-0.25, -0.2) is 4.79 Å². The van der Waals surface area contributed by atoms with Gasteiger partial charge in [0.15, 0.2) is 0 Å². The van der Waals surface area contributed by atoms with E-state index < -0.39 is 5.97 Å². The molecule has 0 bridgehead atoms. The molecule has 0 saturated heterocycles. The van der Waals surface area contributed by atoms with Crippen LogP contribution in [0.3, 0.4) is 0 Å². The van der Waals surface area contributed by atoms with Crippen molar-refractivity contribution in [1.82, 2.24) is 9.88 Å². The van der Waals surface area contributed by atoms with Crippen LogP contribution in [0.2, 0.25) is 5.02 Å². The zero-order chi connectivity index (χ0) is 21.1. The number of aromatic carboxylic acids is 1. The van der Waals surface area contributed by atoms with Crippen LogP contribution >= 0.6 is 11.6 Å². The second kappa shape index (κ2) is 8.74. The highest BCUT2D eigenvalue weighted by Gasteiger charge is 2.22. The van der Waals surface area contributed by atoms with Crippen molar-refractivity contribution < 1.29 is 9.90 Å². The standard InChI is InChI=1S/C25H23ClN2O2/c1-17-6-8-19(9-7-17)16-28-23-5-3-2-4-21(23)22(24(28)25(29)30)15-27-14-18-10-12-20(26)13-11-18/h2-13,27H,14-16H2,1H3,(H,29,30). The number of hydrogen-bond donors (Lipinski definition) is 2. The number of halogens is 1. The van der Waals surface area contributed by atoms with Gasteiger partial charge in [0.05, 0.1) is 0 Å². The summed E-state index contributed by atoms with van der Waals surface area (Å²) in [7, 11) is 0. The number of rotatable bonds is 7. The molecular formula is C25H23ClN2O2. The van der Waals surface area contributed by atoms with Gasteiger partial charge in [-0.2, -0.15) is 0 Å². The smallest absolute Gasteiger partial charge is 0.352 e. The van der Waals surface area contributed by atoms with Crippen molar-refractivity contribution in [3.05, 3.63) is 106 Å². The Morgan fingerprint density at radius 3 is 2.30 bits per heavy atom. The van der Waals surface area contributed by atoms with E-state index in [0.717, 1.165) is 27.6 Å². The highest BCUT2D eigenvalue weighted by atomic mass is 35.5. The van der Waals surface area contributed by atoms with Gasteiger partial charge >= 0.3 is 5.97 Å². The van der Waals surface area contributed by atoms with Crippen molar-refractivity contribution in [3.8, 4) is 0 Å². The van der Waals surface area contributed by atoms with Crippen molar-refractivity contribution in [2.24, 2.45) is 0 Å². The fourth-order valence-electron chi connectivity index (χ4n) is 3.77. The quantitative estimate of drug-likeness (QED) is 0.408. The predicted octanol–water partition coefficient (Wildman–Crippen LogP) is 5.64. The van der Waals surface area contributed by atoms with Gasteiger partial charge in [-0.3, -0.25) is 0 Å². The van der Waals surface area contributed by atoms with Crippen molar-refractivity contribution in [1.29, 1.82) is 0 Å². The average molecular weight is 419 g/mol. The molecule has 0 unspecified atom stereocenters. The largest absolute Gasteiger partial charge is 0.477 e. The SMILES string of the molecule is Cc1ccc(Cn2c(C(=O)O)c(CNCc3ccc(Cl)cc3)c3ccccc32)cc1. The van der Waals surface area contributed by atoms with Gasteiger partial charge in [-0.05, 0) is 36.2 Å². The van der Waals surface area contributed by atoms with E-state index in [1.54, 1.807) is 0 Å². The summed E-state index contributed by atoms with van der Waals surface area (Å²) in [6.45, 7) is 3.65. The molecule has 0 aliphatic heterocycles. The van der Waals surface area contributed by atoms with Crippen LogP contribution in [-0.4, -0.2) is 15.6 Å². The van der Waals surface area contributed by atoms with E-state index in [2.05, 4.69) is 17.4 Å². The zero-order valence-electron chi connectivity index (χ0n) is 16.7. The van der Waals surface area contributed by atoms with Gasteiger partial charge in [0.1, 0.15) is 5.69 Å². The number of para-hydroxylation sites is 1. The second-order valence-electron chi connectivity index (χ2n) is 7.45. The Hall–Kier alpha value is -3.08. The molecule has 1 aromatic heterocycles. The molecule has 152 valence electrons. The maximum absolute atomic E-state index is 12.3. The molecule has 0 aliphatic carbocycles. The third-order valence-corrected chi connectivity index (χ3v) is 5.54. The molecule has 30 heavy (non-hydrogen) atoms. The van der Waals surface area contributed by atoms with Crippen LogP contribution in [0.25, 0.3) is 10.9 Å². The van der Waals surface area contributed by atoms with Crippen molar-refractivity contribution in [3.63, 3.8) is 0 Å². The van der Waals surface area contributed by atoms with Gasteiger partial charge in [0, 0.05) is 41.1 Å². The van der Waals surface area contributed by atoms with E-state index in [-0.39, 0.29) is 0 Å². The summed E-state index contributed by atoms with van der Waals surface area (Å²) in [5.74, 6) is -0.915. The molecule has 5 heteroatoms. The number of hydrogen-bond acceptors (Lipinski definition) is 2. The van der Waals surface area contributed by atoms with Crippen LogP contribution in [0.1, 0.15) is 32.7 Å². The molecule has 0 aliphatic rings. The van der Waals surface area contributed by atoms with Gasteiger partial charge in [-0.1, -0.05) is 71.8 Å². The minimum atomic E-state index is -0.915. The molecule has 4 rings (SSSR count). The van der Waals surface area contributed by atoms with Crippen LogP contribution < -0.4 is 5.32 Å². The number of aryl methyl sites for hydroxylation is 1. The lowest BCUT2D eigenvalue weighted by Gasteiger charge is -2.10. The minimum absolute atomic E-state index is 0.334.